The summed E-state index contributed by atoms with van der Waals surface area (Å²) in [6, 6.07) is 17.3. The van der Waals surface area contributed by atoms with E-state index in [-0.39, 0.29) is 11.5 Å². The monoisotopic (exact) mass is 351 g/mol. The number of nitrogens with zero attached hydrogens (tertiary/aromatic N) is 1. The fraction of sp³-hybridized carbons (Fsp3) is 0.0476. The lowest BCUT2D eigenvalue weighted by molar-refractivity contribution is -0.137. The summed E-state index contributed by atoms with van der Waals surface area (Å²) in [7, 11) is 0. The first-order chi connectivity index (χ1) is 12.4. The largest absolute Gasteiger partial charge is 0.416 e. The molecule has 0 radical (unpaired) electrons. The predicted octanol–water partition coefficient (Wildman–Crippen LogP) is 5.64. The molecule has 128 valence electrons. The number of halogens is 3. The first kappa shape index (κ1) is 16.3. The average Bonchev–Trinajstić information content (AvgIpc) is 2.66. The van der Waals surface area contributed by atoms with Crippen molar-refractivity contribution in [2.75, 3.05) is 0 Å². The van der Waals surface area contributed by atoms with E-state index < -0.39 is 11.7 Å². The molecule has 5 heteroatoms. The Balaban J connectivity index is 2.05. The second-order valence-corrected chi connectivity index (χ2v) is 5.95. The molecular weight excluding hydrogens is 339 g/mol. The minimum absolute atomic E-state index is 0.254. The smallest absolute Gasteiger partial charge is 0.287 e. The van der Waals surface area contributed by atoms with E-state index in [2.05, 4.69) is 4.98 Å². The highest BCUT2D eigenvalue weighted by Crippen LogP contribution is 2.36. The van der Waals surface area contributed by atoms with Crippen LogP contribution in [-0.4, -0.2) is 10.8 Å². The molecule has 4 aromatic rings. The summed E-state index contributed by atoms with van der Waals surface area (Å²) in [5.74, 6) is -0.318. The maximum absolute atomic E-state index is 13.2. The van der Waals surface area contributed by atoms with Crippen molar-refractivity contribution in [3.05, 3.63) is 89.7 Å². The van der Waals surface area contributed by atoms with Crippen LogP contribution < -0.4 is 0 Å². The number of benzene rings is 3. The fourth-order valence-corrected chi connectivity index (χ4v) is 3.10. The molecule has 0 aliphatic carbocycles. The van der Waals surface area contributed by atoms with Gasteiger partial charge in [0.2, 0.25) is 5.78 Å². The Morgan fingerprint density at radius 3 is 2.31 bits per heavy atom. The molecular formula is C21H12F3NO. The third kappa shape index (κ3) is 2.71. The average molecular weight is 351 g/mol. The van der Waals surface area contributed by atoms with Crippen molar-refractivity contribution in [3.63, 3.8) is 0 Å². The topological polar surface area (TPSA) is 30.0 Å². The molecule has 0 aliphatic rings. The molecule has 0 bridgehead atoms. The van der Waals surface area contributed by atoms with Crippen LogP contribution in [0.15, 0.2) is 72.9 Å². The van der Waals surface area contributed by atoms with Crippen molar-refractivity contribution < 1.29 is 18.0 Å². The first-order valence-corrected chi connectivity index (χ1v) is 7.93. The van der Waals surface area contributed by atoms with Gasteiger partial charge in [0.25, 0.3) is 0 Å². The van der Waals surface area contributed by atoms with Crippen LogP contribution in [-0.2, 0) is 6.18 Å². The summed E-state index contributed by atoms with van der Waals surface area (Å²) in [6.45, 7) is 0. The van der Waals surface area contributed by atoms with Crippen LogP contribution in [0.25, 0.3) is 21.5 Å². The third-order valence-corrected chi connectivity index (χ3v) is 4.33. The molecule has 0 fully saturated rings. The first-order valence-electron chi connectivity index (χ1n) is 7.93. The van der Waals surface area contributed by atoms with Gasteiger partial charge in [0.05, 0.1) is 5.56 Å². The second-order valence-electron chi connectivity index (χ2n) is 5.95. The number of ketones is 1. The van der Waals surface area contributed by atoms with E-state index >= 15 is 0 Å². The number of alkyl halides is 3. The second kappa shape index (κ2) is 5.95. The summed E-state index contributed by atoms with van der Waals surface area (Å²) >= 11 is 0. The Morgan fingerprint density at radius 2 is 1.58 bits per heavy atom. The van der Waals surface area contributed by atoms with Crippen LogP contribution in [0.1, 0.15) is 21.6 Å². The van der Waals surface area contributed by atoms with E-state index in [1.165, 1.54) is 12.3 Å². The van der Waals surface area contributed by atoms with Gasteiger partial charge in [-0.2, -0.15) is 13.2 Å². The molecule has 0 N–H and O–H groups in total. The molecule has 3 aromatic carbocycles. The molecule has 0 unspecified atom stereocenters. The van der Waals surface area contributed by atoms with Crippen molar-refractivity contribution >= 4 is 27.3 Å². The lowest BCUT2D eigenvalue weighted by Crippen LogP contribution is -2.07. The number of rotatable bonds is 2. The number of hydrogen-bond donors (Lipinski definition) is 0. The minimum Gasteiger partial charge on any atom is -0.287 e. The van der Waals surface area contributed by atoms with Crippen LogP contribution in [0.2, 0.25) is 0 Å². The van der Waals surface area contributed by atoms with E-state index in [1.54, 1.807) is 48.5 Å². The number of carbonyl (C=O) groups excluding carboxylic acids is 1. The van der Waals surface area contributed by atoms with E-state index in [1.807, 2.05) is 0 Å². The van der Waals surface area contributed by atoms with Gasteiger partial charge >= 0.3 is 6.18 Å². The zero-order chi connectivity index (χ0) is 18.3. The van der Waals surface area contributed by atoms with Crippen LogP contribution >= 0.6 is 0 Å². The third-order valence-electron chi connectivity index (χ3n) is 4.33. The van der Waals surface area contributed by atoms with E-state index in [0.29, 0.717) is 27.1 Å². The Hall–Kier alpha value is -3.21. The van der Waals surface area contributed by atoms with Gasteiger partial charge in [-0.3, -0.25) is 9.78 Å². The number of fused-ring (bicyclic) bond motifs is 3. The molecule has 4 rings (SSSR count). The van der Waals surface area contributed by atoms with Gasteiger partial charge in [-0.05, 0) is 51.9 Å². The SMILES string of the molecule is O=C(c1ccccn1)c1cc2ccccc2c2cc(C(F)(F)F)ccc12. The van der Waals surface area contributed by atoms with E-state index in [9.17, 15) is 18.0 Å². The minimum atomic E-state index is -4.45. The lowest BCUT2D eigenvalue weighted by atomic mass is 9.93. The maximum atomic E-state index is 13.2. The molecule has 0 saturated heterocycles. The normalized spacial score (nSPS) is 11.8. The molecule has 0 atom stereocenters. The molecule has 26 heavy (non-hydrogen) atoms. The summed E-state index contributed by atoms with van der Waals surface area (Å²) < 4.78 is 39.5. The van der Waals surface area contributed by atoms with Crippen LogP contribution in [0.5, 0.6) is 0 Å². The van der Waals surface area contributed by atoms with Crippen molar-refractivity contribution in [1.82, 2.24) is 4.98 Å². The number of pyridine rings is 1. The zero-order valence-corrected chi connectivity index (χ0v) is 13.4. The highest BCUT2D eigenvalue weighted by Gasteiger charge is 2.31. The lowest BCUT2D eigenvalue weighted by Gasteiger charge is -2.13. The molecule has 1 heterocycles. The molecule has 0 saturated carbocycles. The summed E-state index contributed by atoms with van der Waals surface area (Å²) in [5.41, 5.74) is -0.146. The molecule has 2 nitrogen and oxygen atoms in total. The fourth-order valence-electron chi connectivity index (χ4n) is 3.10. The molecule has 0 amide bonds. The van der Waals surface area contributed by atoms with Crippen molar-refractivity contribution in [3.8, 4) is 0 Å². The van der Waals surface area contributed by atoms with Crippen LogP contribution in [0.3, 0.4) is 0 Å². The Labute approximate surface area is 146 Å². The molecule has 1 aromatic heterocycles. The van der Waals surface area contributed by atoms with Crippen molar-refractivity contribution in [2.24, 2.45) is 0 Å². The summed E-state index contributed by atoms with van der Waals surface area (Å²) in [6.07, 6.45) is -2.94. The van der Waals surface area contributed by atoms with Crippen molar-refractivity contribution in [1.29, 1.82) is 0 Å². The molecule has 0 aliphatic heterocycles. The summed E-state index contributed by atoms with van der Waals surface area (Å²) in [4.78, 5) is 17.0. The van der Waals surface area contributed by atoms with E-state index in [4.69, 9.17) is 0 Å². The van der Waals surface area contributed by atoms with Gasteiger partial charge < -0.3 is 0 Å². The van der Waals surface area contributed by atoms with Crippen LogP contribution in [0, 0.1) is 0 Å². The highest BCUT2D eigenvalue weighted by atomic mass is 19.4. The molecule has 0 spiro atoms. The van der Waals surface area contributed by atoms with Gasteiger partial charge in [-0.1, -0.05) is 36.4 Å². The van der Waals surface area contributed by atoms with Gasteiger partial charge in [0, 0.05) is 11.8 Å². The number of hydrogen-bond acceptors (Lipinski definition) is 2. The Morgan fingerprint density at radius 1 is 0.808 bits per heavy atom. The number of aromatic nitrogens is 1. The predicted molar refractivity (Wildman–Crippen MR) is 94.1 cm³/mol. The van der Waals surface area contributed by atoms with Gasteiger partial charge in [0.1, 0.15) is 5.69 Å². The van der Waals surface area contributed by atoms with Gasteiger partial charge in [-0.15, -0.1) is 0 Å². The van der Waals surface area contributed by atoms with Crippen molar-refractivity contribution in [2.45, 2.75) is 6.18 Å². The standard InChI is InChI=1S/C21H12F3NO/c22-21(23,24)14-8-9-16-17(12-14)15-6-2-1-5-13(15)11-18(16)20(26)19-7-3-4-10-25-19/h1-12H. The Bertz CT molecular complexity index is 1130. The Kier molecular flexibility index (Phi) is 3.72. The van der Waals surface area contributed by atoms with E-state index in [0.717, 1.165) is 12.1 Å². The summed E-state index contributed by atoms with van der Waals surface area (Å²) in [5, 5.41) is 2.26. The zero-order valence-electron chi connectivity index (χ0n) is 13.4. The van der Waals surface area contributed by atoms with Crippen LogP contribution in [0.4, 0.5) is 13.2 Å². The maximum Gasteiger partial charge on any atom is 0.416 e. The van der Waals surface area contributed by atoms with Gasteiger partial charge in [0.15, 0.2) is 0 Å². The van der Waals surface area contributed by atoms with Gasteiger partial charge in [-0.25, -0.2) is 0 Å². The highest BCUT2D eigenvalue weighted by molar-refractivity contribution is 6.21. The quantitative estimate of drug-likeness (QED) is 0.346. The number of carbonyl (C=O) groups is 1.